The number of hydrogen-bond acceptors (Lipinski definition) is 4. The molecule has 9 heteroatoms. The zero-order chi connectivity index (χ0) is 17.5. The monoisotopic (exact) mass is 359 g/mol. The SMILES string of the molecule is O=C(c1ccc(C(F)(F)F)cc1CS(=O)O)c1cnoc1C1CC1. The molecular formula is C15H12F3NO4S. The van der Waals surface area contributed by atoms with Gasteiger partial charge in [-0.05, 0) is 30.5 Å². The highest BCUT2D eigenvalue weighted by Gasteiger charge is 2.35. The molecule has 1 atom stereocenters. The predicted molar refractivity (Wildman–Crippen MR) is 77.8 cm³/mol. The first-order valence-corrected chi connectivity index (χ1v) is 8.32. The third-order valence-electron chi connectivity index (χ3n) is 3.75. The van der Waals surface area contributed by atoms with E-state index in [2.05, 4.69) is 5.16 Å². The summed E-state index contributed by atoms with van der Waals surface area (Å²) in [5, 5.41) is 3.59. The van der Waals surface area contributed by atoms with Crippen LogP contribution < -0.4 is 0 Å². The molecule has 1 saturated carbocycles. The highest BCUT2D eigenvalue weighted by atomic mass is 32.2. The molecule has 1 aliphatic rings. The summed E-state index contributed by atoms with van der Waals surface area (Å²) in [6.45, 7) is 0. The maximum atomic E-state index is 12.8. The number of benzene rings is 1. The van der Waals surface area contributed by atoms with Gasteiger partial charge in [-0.1, -0.05) is 11.2 Å². The first kappa shape index (κ1) is 16.8. The van der Waals surface area contributed by atoms with Crippen LogP contribution in [0.5, 0.6) is 0 Å². The van der Waals surface area contributed by atoms with Crippen LogP contribution in [0.3, 0.4) is 0 Å². The predicted octanol–water partition coefficient (Wildman–Crippen LogP) is 3.52. The lowest BCUT2D eigenvalue weighted by molar-refractivity contribution is -0.137. The largest absolute Gasteiger partial charge is 0.416 e. The van der Waals surface area contributed by atoms with Gasteiger partial charge in [0.2, 0.25) is 0 Å². The molecule has 0 spiro atoms. The summed E-state index contributed by atoms with van der Waals surface area (Å²) in [4.78, 5) is 12.7. The molecule has 3 rings (SSSR count). The molecule has 1 heterocycles. The van der Waals surface area contributed by atoms with E-state index in [1.807, 2.05) is 0 Å². The third kappa shape index (κ3) is 3.41. The van der Waals surface area contributed by atoms with Crippen LogP contribution in [0.15, 0.2) is 28.9 Å². The van der Waals surface area contributed by atoms with Crippen molar-refractivity contribution in [2.45, 2.75) is 30.7 Å². The lowest BCUT2D eigenvalue weighted by Gasteiger charge is -2.12. The van der Waals surface area contributed by atoms with Crippen molar-refractivity contribution in [2.24, 2.45) is 0 Å². The van der Waals surface area contributed by atoms with Crippen LogP contribution in [-0.4, -0.2) is 19.7 Å². The molecule has 1 N–H and O–H groups in total. The van der Waals surface area contributed by atoms with Gasteiger partial charge in [-0.15, -0.1) is 0 Å². The average molecular weight is 359 g/mol. The summed E-state index contributed by atoms with van der Waals surface area (Å²) in [6, 6.07) is 2.53. The highest BCUT2D eigenvalue weighted by molar-refractivity contribution is 7.78. The Kier molecular flexibility index (Phi) is 4.31. The molecule has 128 valence electrons. The van der Waals surface area contributed by atoms with Gasteiger partial charge in [-0.2, -0.15) is 13.2 Å². The van der Waals surface area contributed by atoms with E-state index in [4.69, 9.17) is 9.08 Å². The minimum absolute atomic E-state index is 0.0597. The standard InChI is InChI=1S/C15H12F3NO4S/c16-15(17,18)10-3-4-11(9(5-10)7-24(21)22)13(20)12-6-19-23-14(12)8-1-2-8/h3-6,8H,1-2,7H2,(H,21,22). The van der Waals surface area contributed by atoms with Gasteiger partial charge in [0.05, 0.1) is 23.1 Å². The second-order valence-electron chi connectivity index (χ2n) is 5.54. The van der Waals surface area contributed by atoms with Crippen molar-refractivity contribution in [1.82, 2.24) is 5.16 Å². The minimum atomic E-state index is -4.61. The van der Waals surface area contributed by atoms with E-state index in [0.717, 1.165) is 31.0 Å². The van der Waals surface area contributed by atoms with Gasteiger partial charge in [0.1, 0.15) is 0 Å². The Bertz CT molecular complexity index is 811. The Morgan fingerprint density at radius 2 is 2.04 bits per heavy atom. The van der Waals surface area contributed by atoms with E-state index < -0.39 is 34.4 Å². The molecule has 1 aliphatic carbocycles. The average Bonchev–Trinajstić information content (AvgIpc) is 3.22. The maximum Gasteiger partial charge on any atom is 0.416 e. The van der Waals surface area contributed by atoms with Crippen molar-refractivity contribution in [2.75, 3.05) is 0 Å². The molecule has 1 aromatic heterocycles. The van der Waals surface area contributed by atoms with Crippen LogP contribution in [0.4, 0.5) is 13.2 Å². The fourth-order valence-electron chi connectivity index (χ4n) is 2.45. The summed E-state index contributed by atoms with van der Waals surface area (Å²) in [5.41, 5.74) is -0.997. The van der Waals surface area contributed by atoms with Gasteiger partial charge in [0.15, 0.2) is 22.6 Å². The van der Waals surface area contributed by atoms with E-state index in [-0.39, 0.29) is 22.6 Å². The summed E-state index contributed by atoms with van der Waals surface area (Å²) in [6.07, 6.45) is -1.66. The van der Waals surface area contributed by atoms with Crippen LogP contribution in [0.25, 0.3) is 0 Å². The molecule has 0 amide bonds. The number of ketones is 1. The van der Waals surface area contributed by atoms with Gasteiger partial charge >= 0.3 is 6.18 Å². The van der Waals surface area contributed by atoms with Crippen molar-refractivity contribution in [3.05, 3.63) is 52.4 Å². The van der Waals surface area contributed by atoms with Crippen molar-refractivity contribution in [1.29, 1.82) is 0 Å². The van der Waals surface area contributed by atoms with E-state index in [1.54, 1.807) is 0 Å². The van der Waals surface area contributed by atoms with Crippen molar-refractivity contribution in [3.8, 4) is 0 Å². The van der Waals surface area contributed by atoms with Crippen molar-refractivity contribution in [3.63, 3.8) is 0 Å². The quantitative estimate of drug-likeness (QED) is 0.653. The molecular weight excluding hydrogens is 347 g/mol. The number of aromatic nitrogens is 1. The summed E-state index contributed by atoms with van der Waals surface area (Å²) >= 11 is -2.39. The summed E-state index contributed by atoms with van der Waals surface area (Å²) in [5.74, 6) is -0.630. The number of hydrogen-bond donors (Lipinski definition) is 1. The topological polar surface area (TPSA) is 80.4 Å². The van der Waals surface area contributed by atoms with E-state index in [9.17, 15) is 22.2 Å². The molecule has 0 radical (unpaired) electrons. The van der Waals surface area contributed by atoms with E-state index in [1.165, 1.54) is 6.20 Å². The van der Waals surface area contributed by atoms with Crippen LogP contribution in [-0.2, 0) is 23.0 Å². The Morgan fingerprint density at radius 1 is 1.33 bits per heavy atom. The maximum absolute atomic E-state index is 12.8. The van der Waals surface area contributed by atoms with Crippen LogP contribution >= 0.6 is 0 Å². The van der Waals surface area contributed by atoms with Crippen molar-refractivity contribution < 1.29 is 31.3 Å². The lowest BCUT2D eigenvalue weighted by atomic mass is 9.96. The Morgan fingerprint density at radius 3 is 2.62 bits per heavy atom. The molecule has 2 aromatic rings. The fourth-order valence-corrected chi connectivity index (χ4v) is 2.95. The Labute approximate surface area is 137 Å². The minimum Gasteiger partial charge on any atom is -0.360 e. The molecule has 24 heavy (non-hydrogen) atoms. The second-order valence-corrected chi connectivity index (χ2v) is 6.47. The van der Waals surface area contributed by atoms with Crippen LogP contribution in [0, 0.1) is 0 Å². The van der Waals surface area contributed by atoms with Gasteiger partial charge in [-0.25, -0.2) is 4.21 Å². The molecule has 1 fully saturated rings. The van der Waals surface area contributed by atoms with Gasteiger partial charge < -0.3 is 9.08 Å². The van der Waals surface area contributed by atoms with Crippen LogP contribution in [0.1, 0.15) is 51.6 Å². The number of halogens is 3. The third-order valence-corrected chi connectivity index (χ3v) is 4.31. The highest BCUT2D eigenvalue weighted by Crippen LogP contribution is 2.42. The van der Waals surface area contributed by atoms with Crippen molar-refractivity contribution >= 4 is 16.9 Å². The first-order chi connectivity index (χ1) is 11.3. The smallest absolute Gasteiger partial charge is 0.360 e. The zero-order valence-corrected chi connectivity index (χ0v) is 13.0. The molecule has 5 nitrogen and oxygen atoms in total. The lowest BCUT2D eigenvalue weighted by Crippen LogP contribution is -2.12. The number of carbonyl (C=O) groups excluding carboxylic acids is 1. The van der Waals surface area contributed by atoms with Gasteiger partial charge in [0.25, 0.3) is 0 Å². The van der Waals surface area contributed by atoms with Gasteiger partial charge in [0, 0.05) is 11.5 Å². The second kappa shape index (κ2) is 6.14. The summed E-state index contributed by atoms with van der Waals surface area (Å²) < 4.78 is 63.7. The number of carbonyl (C=O) groups is 1. The summed E-state index contributed by atoms with van der Waals surface area (Å²) in [7, 11) is 0. The van der Waals surface area contributed by atoms with Gasteiger partial charge in [-0.3, -0.25) is 4.79 Å². The fraction of sp³-hybridized carbons (Fsp3) is 0.333. The number of alkyl halides is 3. The Hall–Kier alpha value is -2.00. The first-order valence-electron chi connectivity index (χ1n) is 7.04. The molecule has 1 unspecified atom stereocenters. The molecule has 1 aromatic carbocycles. The van der Waals surface area contributed by atoms with E-state index in [0.29, 0.717) is 5.76 Å². The normalized spacial score (nSPS) is 16.2. The Balaban J connectivity index is 2.03. The van der Waals surface area contributed by atoms with Crippen LogP contribution in [0.2, 0.25) is 0 Å². The molecule has 0 saturated heterocycles. The van der Waals surface area contributed by atoms with E-state index >= 15 is 0 Å². The number of nitrogens with zero attached hydrogens (tertiary/aromatic N) is 1. The molecule has 0 aliphatic heterocycles. The zero-order valence-electron chi connectivity index (χ0n) is 12.2. The molecule has 0 bridgehead atoms. The number of rotatable bonds is 5.